The van der Waals surface area contributed by atoms with Gasteiger partial charge in [0, 0.05) is 30.7 Å². The minimum Gasteiger partial charge on any atom is -0.337 e. The van der Waals surface area contributed by atoms with E-state index < -0.39 is 0 Å². The molecule has 0 amide bonds. The van der Waals surface area contributed by atoms with Crippen LogP contribution in [0.25, 0.3) is 0 Å². The molecule has 1 aliphatic heterocycles. The molecule has 1 aromatic heterocycles. The summed E-state index contributed by atoms with van der Waals surface area (Å²) < 4.78 is 2.15. The number of aryl methyl sites for hydroxylation is 1. The van der Waals surface area contributed by atoms with Crippen LogP contribution in [0, 0.1) is 5.41 Å². The number of imidazole rings is 1. The highest BCUT2D eigenvalue weighted by Crippen LogP contribution is 2.33. The van der Waals surface area contributed by atoms with Crippen molar-refractivity contribution in [2.45, 2.75) is 45.7 Å². The third-order valence-electron chi connectivity index (χ3n) is 3.91. The van der Waals surface area contributed by atoms with Crippen molar-refractivity contribution in [3.05, 3.63) is 18.7 Å². The maximum Gasteiger partial charge on any atom is 0.0945 e. The second-order valence-corrected chi connectivity index (χ2v) is 6.98. The van der Waals surface area contributed by atoms with E-state index in [1.165, 1.54) is 30.8 Å². The Morgan fingerprint density at radius 1 is 1.44 bits per heavy atom. The number of thioether (sulfide) groups is 1. The van der Waals surface area contributed by atoms with Crippen molar-refractivity contribution in [3.63, 3.8) is 0 Å². The van der Waals surface area contributed by atoms with Gasteiger partial charge in [0.05, 0.1) is 6.33 Å². The average molecular weight is 267 g/mol. The highest BCUT2D eigenvalue weighted by atomic mass is 32.2. The van der Waals surface area contributed by atoms with Crippen molar-refractivity contribution in [3.8, 4) is 0 Å². The van der Waals surface area contributed by atoms with Gasteiger partial charge in [0.15, 0.2) is 0 Å². The first kappa shape index (κ1) is 13.9. The Morgan fingerprint density at radius 3 is 3.06 bits per heavy atom. The first-order valence-electron chi connectivity index (χ1n) is 6.95. The summed E-state index contributed by atoms with van der Waals surface area (Å²) >= 11 is 2.09. The van der Waals surface area contributed by atoms with Crippen LogP contribution in [0.15, 0.2) is 18.7 Å². The SMILES string of the molecule is CC1(C)CCSCC1NCCCCn1ccnc1. The standard InChI is InChI=1S/C14H25N3S/c1-14(2)5-10-18-11-13(14)16-6-3-4-8-17-9-7-15-12-17/h7,9,12-13,16H,3-6,8,10-11H2,1-2H3. The van der Waals surface area contributed by atoms with Gasteiger partial charge in [-0.15, -0.1) is 0 Å². The molecule has 3 nitrogen and oxygen atoms in total. The van der Waals surface area contributed by atoms with Crippen molar-refractivity contribution < 1.29 is 0 Å². The molecule has 1 fully saturated rings. The van der Waals surface area contributed by atoms with Gasteiger partial charge < -0.3 is 9.88 Å². The van der Waals surface area contributed by atoms with Gasteiger partial charge >= 0.3 is 0 Å². The van der Waals surface area contributed by atoms with Crippen molar-refractivity contribution in [1.29, 1.82) is 0 Å². The zero-order valence-corrected chi connectivity index (χ0v) is 12.4. The first-order chi connectivity index (χ1) is 8.68. The maximum absolute atomic E-state index is 4.06. The number of aromatic nitrogens is 2. The number of rotatable bonds is 6. The van der Waals surface area contributed by atoms with Gasteiger partial charge in [0.2, 0.25) is 0 Å². The van der Waals surface area contributed by atoms with E-state index in [-0.39, 0.29) is 0 Å². The van der Waals surface area contributed by atoms with E-state index in [9.17, 15) is 0 Å². The summed E-state index contributed by atoms with van der Waals surface area (Å²) in [5, 5.41) is 3.75. The quantitative estimate of drug-likeness (QED) is 0.804. The minimum absolute atomic E-state index is 0.468. The molecule has 2 heterocycles. The number of nitrogens with one attached hydrogen (secondary N) is 1. The molecule has 1 aromatic rings. The summed E-state index contributed by atoms with van der Waals surface area (Å²) in [4.78, 5) is 4.06. The fraction of sp³-hybridized carbons (Fsp3) is 0.786. The number of nitrogens with zero attached hydrogens (tertiary/aromatic N) is 2. The second-order valence-electron chi connectivity index (χ2n) is 5.83. The molecule has 0 aromatic carbocycles. The lowest BCUT2D eigenvalue weighted by Crippen LogP contribution is -2.46. The summed E-state index contributed by atoms with van der Waals surface area (Å²) in [6, 6.07) is 0.685. The summed E-state index contributed by atoms with van der Waals surface area (Å²) in [6.45, 7) is 7.03. The summed E-state index contributed by atoms with van der Waals surface area (Å²) in [5.74, 6) is 2.60. The van der Waals surface area contributed by atoms with Crippen LogP contribution in [0.2, 0.25) is 0 Å². The molecule has 2 rings (SSSR count). The van der Waals surface area contributed by atoms with Crippen LogP contribution >= 0.6 is 11.8 Å². The highest BCUT2D eigenvalue weighted by molar-refractivity contribution is 7.99. The summed E-state index contributed by atoms with van der Waals surface area (Å²) in [5.41, 5.74) is 0.468. The van der Waals surface area contributed by atoms with Crippen LogP contribution in [0.4, 0.5) is 0 Å². The fourth-order valence-electron chi connectivity index (χ4n) is 2.39. The molecule has 1 atom stereocenters. The predicted molar refractivity (Wildman–Crippen MR) is 79.0 cm³/mol. The largest absolute Gasteiger partial charge is 0.337 e. The Labute approximate surface area is 115 Å². The van der Waals surface area contributed by atoms with Gasteiger partial charge in [-0.3, -0.25) is 0 Å². The van der Waals surface area contributed by atoms with Crippen LogP contribution in [-0.4, -0.2) is 33.6 Å². The Kier molecular flexibility index (Phi) is 5.13. The normalized spacial score (nSPS) is 23.1. The van der Waals surface area contributed by atoms with Crippen LogP contribution in [-0.2, 0) is 6.54 Å². The molecule has 0 radical (unpaired) electrons. The number of hydrogen-bond acceptors (Lipinski definition) is 3. The Balaban J connectivity index is 1.60. The van der Waals surface area contributed by atoms with Crippen LogP contribution in [0.5, 0.6) is 0 Å². The van der Waals surface area contributed by atoms with Gasteiger partial charge in [-0.2, -0.15) is 11.8 Å². The van der Waals surface area contributed by atoms with Crippen molar-refractivity contribution >= 4 is 11.8 Å². The van der Waals surface area contributed by atoms with Crippen molar-refractivity contribution in [2.75, 3.05) is 18.1 Å². The lowest BCUT2D eigenvalue weighted by atomic mass is 9.82. The zero-order valence-electron chi connectivity index (χ0n) is 11.6. The smallest absolute Gasteiger partial charge is 0.0945 e. The monoisotopic (exact) mass is 267 g/mol. The first-order valence-corrected chi connectivity index (χ1v) is 8.11. The molecule has 102 valence electrons. The Hall–Kier alpha value is -0.480. The van der Waals surface area contributed by atoms with Gasteiger partial charge in [-0.05, 0) is 37.0 Å². The van der Waals surface area contributed by atoms with Crippen LogP contribution in [0.3, 0.4) is 0 Å². The van der Waals surface area contributed by atoms with Crippen LogP contribution < -0.4 is 5.32 Å². The summed E-state index contributed by atoms with van der Waals surface area (Å²) in [6.07, 6.45) is 9.59. The van der Waals surface area contributed by atoms with E-state index in [0.717, 1.165) is 13.1 Å². The fourth-order valence-corrected chi connectivity index (χ4v) is 4.03. The highest BCUT2D eigenvalue weighted by Gasteiger charge is 2.31. The van der Waals surface area contributed by atoms with E-state index >= 15 is 0 Å². The Morgan fingerprint density at radius 2 is 2.33 bits per heavy atom. The van der Waals surface area contributed by atoms with Crippen molar-refractivity contribution in [1.82, 2.24) is 14.9 Å². The lowest BCUT2D eigenvalue weighted by Gasteiger charge is -2.39. The van der Waals surface area contributed by atoms with Gasteiger partial charge in [0.25, 0.3) is 0 Å². The molecule has 0 saturated carbocycles. The van der Waals surface area contributed by atoms with Gasteiger partial charge in [-0.25, -0.2) is 4.98 Å². The predicted octanol–water partition coefficient (Wildman–Crippen LogP) is 2.78. The maximum atomic E-state index is 4.06. The topological polar surface area (TPSA) is 29.9 Å². The number of hydrogen-bond donors (Lipinski definition) is 1. The minimum atomic E-state index is 0.468. The van der Waals surface area contributed by atoms with Gasteiger partial charge in [-0.1, -0.05) is 13.8 Å². The molecule has 4 heteroatoms. The van der Waals surface area contributed by atoms with E-state index in [2.05, 4.69) is 40.5 Å². The van der Waals surface area contributed by atoms with E-state index in [0.29, 0.717) is 11.5 Å². The molecule has 0 bridgehead atoms. The molecule has 18 heavy (non-hydrogen) atoms. The number of unbranched alkanes of at least 4 members (excludes halogenated alkanes) is 1. The summed E-state index contributed by atoms with van der Waals surface area (Å²) in [7, 11) is 0. The van der Waals surface area contributed by atoms with E-state index in [4.69, 9.17) is 0 Å². The third-order valence-corrected chi connectivity index (χ3v) is 4.97. The molecule has 0 aliphatic carbocycles. The molecule has 1 N–H and O–H groups in total. The Bertz CT molecular complexity index is 335. The molecule has 1 saturated heterocycles. The molecular formula is C14H25N3S. The molecule has 1 aliphatic rings. The third kappa shape index (κ3) is 4.02. The molecular weight excluding hydrogens is 242 g/mol. The van der Waals surface area contributed by atoms with E-state index in [1.54, 1.807) is 0 Å². The molecule has 1 unspecified atom stereocenters. The zero-order chi connectivity index (χ0) is 12.8. The van der Waals surface area contributed by atoms with Gasteiger partial charge in [0.1, 0.15) is 0 Å². The average Bonchev–Trinajstić information content (AvgIpc) is 2.83. The lowest BCUT2D eigenvalue weighted by molar-refractivity contribution is 0.245. The second kappa shape index (κ2) is 6.62. The van der Waals surface area contributed by atoms with E-state index in [1.807, 2.05) is 18.7 Å². The van der Waals surface area contributed by atoms with Crippen LogP contribution in [0.1, 0.15) is 33.1 Å². The van der Waals surface area contributed by atoms with Crippen molar-refractivity contribution in [2.24, 2.45) is 5.41 Å². The molecule has 0 spiro atoms.